The van der Waals surface area contributed by atoms with Crippen LogP contribution in [-0.4, -0.2) is 0 Å². The van der Waals surface area contributed by atoms with Gasteiger partial charge in [-0.2, -0.15) is 0 Å². The van der Waals surface area contributed by atoms with Crippen LogP contribution in [0.5, 0.6) is 0 Å². The second-order valence-corrected chi connectivity index (χ2v) is 4.21. The van der Waals surface area contributed by atoms with Gasteiger partial charge in [0.05, 0.1) is 0 Å². The van der Waals surface area contributed by atoms with E-state index < -0.39 is 0 Å². The summed E-state index contributed by atoms with van der Waals surface area (Å²) >= 11 is 0. The number of allylic oxidation sites excluding steroid dienone is 4. The zero-order valence-corrected chi connectivity index (χ0v) is 10.8. The van der Waals surface area contributed by atoms with E-state index in [-0.39, 0.29) is 0 Å². The summed E-state index contributed by atoms with van der Waals surface area (Å²) < 4.78 is 0. The molecule has 1 atom stereocenters. The lowest BCUT2D eigenvalue weighted by molar-refractivity contribution is 0.869. The molecule has 0 aliphatic heterocycles. The Labute approximate surface area is 99.7 Å². The summed E-state index contributed by atoms with van der Waals surface area (Å²) in [5, 5.41) is 0. The largest absolute Gasteiger partial charge is 0.0877 e. The highest BCUT2D eigenvalue weighted by Crippen LogP contribution is 2.26. The molecule has 0 fully saturated rings. The van der Waals surface area contributed by atoms with Crippen LogP contribution >= 0.6 is 0 Å². The Bertz CT molecular complexity index is 383. The third-order valence-corrected chi connectivity index (χ3v) is 3.14. The summed E-state index contributed by atoms with van der Waals surface area (Å²) in [5.41, 5.74) is 4.34. The van der Waals surface area contributed by atoms with Crippen molar-refractivity contribution < 1.29 is 0 Å². The minimum atomic E-state index is 0.507. The molecule has 0 amide bonds. The molecule has 0 aromatic heterocycles. The monoisotopic (exact) mass is 214 g/mol. The van der Waals surface area contributed by atoms with Gasteiger partial charge < -0.3 is 0 Å². The number of hydrogen-bond acceptors (Lipinski definition) is 0. The van der Waals surface area contributed by atoms with Crippen molar-refractivity contribution in [1.29, 1.82) is 0 Å². The molecule has 0 heterocycles. The van der Waals surface area contributed by atoms with E-state index in [9.17, 15) is 0 Å². The first kappa shape index (κ1) is 12.8. The van der Waals surface area contributed by atoms with Gasteiger partial charge in [0, 0.05) is 5.92 Å². The maximum absolute atomic E-state index is 2.28. The van der Waals surface area contributed by atoms with Crippen LogP contribution in [0, 0.1) is 0 Å². The topological polar surface area (TPSA) is 0 Å². The van der Waals surface area contributed by atoms with E-state index in [2.05, 4.69) is 70.2 Å². The van der Waals surface area contributed by atoms with Gasteiger partial charge in [0.1, 0.15) is 0 Å². The van der Waals surface area contributed by atoms with E-state index in [1.165, 1.54) is 16.7 Å². The maximum Gasteiger partial charge on any atom is 0.00228 e. The second-order valence-electron chi connectivity index (χ2n) is 4.21. The van der Waals surface area contributed by atoms with Crippen LogP contribution in [0.2, 0.25) is 0 Å². The first-order chi connectivity index (χ1) is 7.70. The van der Waals surface area contributed by atoms with Crippen molar-refractivity contribution in [2.75, 3.05) is 0 Å². The molecule has 0 saturated carbocycles. The van der Waals surface area contributed by atoms with Crippen LogP contribution < -0.4 is 0 Å². The Morgan fingerprint density at radius 3 is 2.62 bits per heavy atom. The Morgan fingerprint density at radius 1 is 1.31 bits per heavy atom. The fourth-order valence-electron chi connectivity index (χ4n) is 1.92. The summed E-state index contributed by atoms with van der Waals surface area (Å²) in [6.45, 7) is 8.76. The van der Waals surface area contributed by atoms with Gasteiger partial charge in [0.25, 0.3) is 0 Å². The molecule has 0 aliphatic carbocycles. The molecule has 0 bridgehead atoms. The molecule has 0 saturated heterocycles. The second kappa shape index (κ2) is 6.32. The summed E-state index contributed by atoms with van der Waals surface area (Å²) in [4.78, 5) is 0. The Morgan fingerprint density at radius 2 is 2.00 bits per heavy atom. The van der Waals surface area contributed by atoms with E-state index in [0.717, 1.165) is 6.42 Å². The van der Waals surface area contributed by atoms with Crippen molar-refractivity contribution in [2.45, 2.75) is 40.0 Å². The molecule has 0 aliphatic rings. The van der Waals surface area contributed by atoms with E-state index in [1.54, 1.807) is 0 Å². The Kier molecular flexibility index (Phi) is 5.04. The molecular weight excluding hydrogens is 192 g/mol. The van der Waals surface area contributed by atoms with Gasteiger partial charge in [0.15, 0.2) is 0 Å². The average Bonchev–Trinajstić information content (AvgIpc) is 2.34. The lowest BCUT2D eigenvalue weighted by atomic mass is 9.89. The molecule has 16 heavy (non-hydrogen) atoms. The van der Waals surface area contributed by atoms with Gasteiger partial charge in [-0.25, -0.2) is 0 Å². The third-order valence-electron chi connectivity index (χ3n) is 3.14. The standard InChI is InChI=1S/C16H22/c1-5-7-10-13(3)14(4)16-12-9-8-11-15(16)6-2/h5,7-12,14H,6H2,1-4H3. The predicted molar refractivity (Wildman–Crippen MR) is 72.8 cm³/mol. The van der Waals surface area contributed by atoms with Crippen molar-refractivity contribution in [3.63, 3.8) is 0 Å². The zero-order chi connectivity index (χ0) is 12.0. The Balaban J connectivity index is 2.99. The fourth-order valence-corrected chi connectivity index (χ4v) is 1.92. The molecule has 0 spiro atoms. The quantitative estimate of drug-likeness (QED) is 0.627. The van der Waals surface area contributed by atoms with E-state index in [1.807, 2.05) is 0 Å². The molecule has 0 heteroatoms. The number of benzene rings is 1. The number of rotatable bonds is 4. The van der Waals surface area contributed by atoms with Crippen molar-refractivity contribution in [3.8, 4) is 0 Å². The van der Waals surface area contributed by atoms with Crippen molar-refractivity contribution in [3.05, 3.63) is 59.2 Å². The first-order valence-electron chi connectivity index (χ1n) is 6.08. The van der Waals surface area contributed by atoms with E-state index >= 15 is 0 Å². The van der Waals surface area contributed by atoms with Gasteiger partial charge in [-0.1, -0.05) is 61.9 Å². The molecule has 1 unspecified atom stereocenters. The van der Waals surface area contributed by atoms with Crippen molar-refractivity contribution in [2.24, 2.45) is 0 Å². The van der Waals surface area contributed by atoms with Crippen molar-refractivity contribution >= 4 is 0 Å². The van der Waals surface area contributed by atoms with Gasteiger partial charge in [-0.05, 0) is 31.4 Å². The summed E-state index contributed by atoms with van der Waals surface area (Å²) in [6.07, 6.45) is 7.50. The van der Waals surface area contributed by atoms with Gasteiger partial charge in [-0.15, -0.1) is 0 Å². The average molecular weight is 214 g/mol. The van der Waals surface area contributed by atoms with Crippen LogP contribution in [0.4, 0.5) is 0 Å². The molecule has 1 rings (SSSR count). The first-order valence-corrected chi connectivity index (χ1v) is 6.08. The van der Waals surface area contributed by atoms with Gasteiger partial charge in [0.2, 0.25) is 0 Å². The maximum atomic E-state index is 2.28. The lowest BCUT2D eigenvalue weighted by Crippen LogP contribution is -1.99. The molecule has 1 aromatic carbocycles. The SMILES string of the molecule is CC=CC=C(C)C(C)c1ccccc1CC. The minimum Gasteiger partial charge on any atom is -0.0877 e. The van der Waals surface area contributed by atoms with Crippen molar-refractivity contribution in [1.82, 2.24) is 0 Å². The highest BCUT2D eigenvalue weighted by atomic mass is 14.1. The molecule has 86 valence electrons. The minimum absolute atomic E-state index is 0.507. The van der Waals surface area contributed by atoms with Crippen LogP contribution in [0.1, 0.15) is 44.7 Å². The van der Waals surface area contributed by atoms with Gasteiger partial charge in [-0.3, -0.25) is 0 Å². The zero-order valence-electron chi connectivity index (χ0n) is 10.8. The van der Waals surface area contributed by atoms with E-state index in [4.69, 9.17) is 0 Å². The summed E-state index contributed by atoms with van der Waals surface area (Å²) in [7, 11) is 0. The van der Waals surface area contributed by atoms with E-state index in [0.29, 0.717) is 5.92 Å². The Hall–Kier alpha value is -1.30. The van der Waals surface area contributed by atoms with Crippen LogP contribution in [0.25, 0.3) is 0 Å². The lowest BCUT2D eigenvalue weighted by Gasteiger charge is -2.16. The fraction of sp³-hybridized carbons (Fsp3) is 0.375. The molecule has 0 nitrogen and oxygen atoms in total. The van der Waals surface area contributed by atoms with Crippen LogP contribution in [0.3, 0.4) is 0 Å². The molecule has 1 aromatic rings. The smallest absolute Gasteiger partial charge is 0.00228 e. The number of aryl methyl sites for hydroxylation is 1. The summed E-state index contributed by atoms with van der Waals surface area (Å²) in [6, 6.07) is 8.74. The molecule has 0 radical (unpaired) electrons. The third kappa shape index (κ3) is 3.10. The highest BCUT2D eigenvalue weighted by molar-refractivity contribution is 5.35. The predicted octanol–water partition coefficient (Wildman–Crippen LogP) is 4.87. The molecular formula is C16H22. The normalized spacial score (nSPS) is 14.4. The number of hydrogen-bond donors (Lipinski definition) is 0. The van der Waals surface area contributed by atoms with Crippen LogP contribution in [0.15, 0.2) is 48.1 Å². The van der Waals surface area contributed by atoms with Gasteiger partial charge >= 0.3 is 0 Å². The summed E-state index contributed by atoms with van der Waals surface area (Å²) in [5.74, 6) is 0.507. The highest BCUT2D eigenvalue weighted by Gasteiger charge is 2.09. The van der Waals surface area contributed by atoms with Crippen LogP contribution in [-0.2, 0) is 6.42 Å². The molecule has 0 N–H and O–H groups in total.